The highest BCUT2D eigenvalue weighted by atomic mass is 32.3. The SMILES string of the molecule is CCCCCCCC/C=C\CCCCCCCCC(O)(CO)COP(=O)(O)O.CCCCCCCC/C=C\CCCCCCCCC(O)COCCO.O=S(=O)(O)O. The van der Waals surface area contributed by atoms with Crippen LogP contribution in [0.3, 0.4) is 0 Å². The van der Waals surface area contributed by atoms with Crippen LogP contribution in [0.1, 0.15) is 206 Å². The van der Waals surface area contributed by atoms with Crippen molar-refractivity contribution in [1.29, 1.82) is 0 Å². The van der Waals surface area contributed by atoms with Crippen molar-refractivity contribution >= 4 is 18.2 Å². The fourth-order valence-corrected chi connectivity index (χ4v) is 6.51. The molecule has 0 saturated carbocycles. The third-order valence-corrected chi connectivity index (χ3v) is 10.0. The average Bonchev–Trinajstić information content (AvgIpc) is 3.16. The van der Waals surface area contributed by atoms with Gasteiger partial charge in [0.15, 0.2) is 0 Å². The Balaban J connectivity index is -0.000000937. The molecule has 0 fully saturated rings. The van der Waals surface area contributed by atoms with Crippen LogP contribution in [0.2, 0.25) is 0 Å². The van der Waals surface area contributed by atoms with Gasteiger partial charge in [0.05, 0.1) is 39.1 Å². The van der Waals surface area contributed by atoms with E-state index in [1.807, 2.05) is 0 Å². The first-order chi connectivity index (χ1) is 27.6. The number of hydrogen-bond acceptors (Lipinski definition) is 9. The van der Waals surface area contributed by atoms with Crippen molar-refractivity contribution in [3.63, 3.8) is 0 Å². The van der Waals surface area contributed by atoms with Crippen LogP contribution < -0.4 is 0 Å². The summed E-state index contributed by atoms with van der Waals surface area (Å²) in [4.78, 5) is 17.4. The summed E-state index contributed by atoms with van der Waals surface area (Å²) in [6.07, 6.45) is 45.0. The lowest BCUT2D eigenvalue weighted by atomic mass is 9.97. The Morgan fingerprint density at radius 3 is 1.29 bits per heavy atom. The summed E-state index contributed by atoms with van der Waals surface area (Å²) in [6, 6.07) is 0. The van der Waals surface area contributed by atoms with E-state index in [4.69, 9.17) is 37.2 Å². The number of rotatable bonds is 40. The number of phosphoric ester groups is 1. The molecule has 0 bridgehead atoms. The number of unbranched alkanes of at least 4 members (excludes halogenated alkanes) is 24. The number of hydrogen-bond donors (Lipinski definition) is 8. The van der Waals surface area contributed by atoms with Crippen molar-refractivity contribution in [3.05, 3.63) is 24.3 Å². The molecule has 0 heterocycles. The summed E-state index contributed by atoms with van der Waals surface area (Å²) >= 11 is 0. The predicted molar refractivity (Wildman–Crippen MR) is 236 cm³/mol. The number of aliphatic hydroxyl groups excluding tert-OH is 3. The molecule has 15 heteroatoms. The maximum atomic E-state index is 10.7. The van der Waals surface area contributed by atoms with Gasteiger partial charge in [0, 0.05) is 0 Å². The Morgan fingerprint density at radius 2 is 0.948 bits per heavy atom. The van der Waals surface area contributed by atoms with Crippen LogP contribution in [0.15, 0.2) is 24.3 Å². The first-order valence-electron chi connectivity index (χ1n) is 22.5. The van der Waals surface area contributed by atoms with Gasteiger partial charge in [-0.05, 0) is 64.2 Å². The van der Waals surface area contributed by atoms with E-state index in [-0.39, 0.29) is 19.1 Å². The zero-order valence-electron chi connectivity index (χ0n) is 36.6. The van der Waals surface area contributed by atoms with Gasteiger partial charge in [0.1, 0.15) is 5.60 Å². The third-order valence-electron chi connectivity index (χ3n) is 9.54. The normalized spacial score (nSPS) is 13.6. The van der Waals surface area contributed by atoms with Gasteiger partial charge < -0.3 is 34.9 Å². The van der Waals surface area contributed by atoms with Gasteiger partial charge >= 0.3 is 18.2 Å². The van der Waals surface area contributed by atoms with E-state index < -0.39 is 37.0 Å². The van der Waals surface area contributed by atoms with E-state index in [1.54, 1.807) is 0 Å². The summed E-state index contributed by atoms with van der Waals surface area (Å²) in [6.45, 7) is 4.09. The van der Waals surface area contributed by atoms with Crippen LogP contribution in [0.5, 0.6) is 0 Å². The number of aliphatic hydroxyl groups is 4. The van der Waals surface area contributed by atoms with E-state index in [2.05, 4.69) is 42.7 Å². The third kappa shape index (κ3) is 61.9. The lowest BCUT2D eigenvalue weighted by Crippen LogP contribution is -2.38. The Bertz CT molecular complexity index is 1030. The van der Waals surface area contributed by atoms with Crippen LogP contribution >= 0.6 is 7.82 Å². The molecule has 2 atom stereocenters. The fourth-order valence-electron chi connectivity index (χ4n) is 6.10. The summed E-state index contributed by atoms with van der Waals surface area (Å²) < 4.78 is 51.7. The van der Waals surface area contributed by atoms with Crippen LogP contribution in [-0.4, -0.2) is 92.5 Å². The monoisotopic (exact) mass is 877 g/mol. The smallest absolute Gasteiger partial charge is 0.394 e. The summed E-state index contributed by atoms with van der Waals surface area (Å²) in [5.41, 5.74) is -1.58. The lowest BCUT2D eigenvalue weighted by Gasteiger charge is -2.25. The standard InChI is InChI=1S/C22H44O3.C21H43O6P.H2O4S/c1-2-3-4-5-6-7-8-9-10-11-12-13-14-15-16-17-18-22(24)21-25-20-19-23;1-2-3-4-5-6-7-8-9-10-11-12-13-14-15-16-17-18-21(23,19-22)20-27-28(24,25)26;1-5(2,3)4/h9-10,22-24H,2-8,11-21H2,1H3;9-10,22-23H,2-8,11-20H2,1H3,(H2,24,25,26);(H2,1,2,3,4)/b2*10-9-;. The van der Waals surface area contributed by atoms with Crippen LogP contribution in [-0.2, 0) is 24.2 Å². The van der Waals surface area contributed by atoms with E-state index in [0.717, 1.165) is 38.5 Å². The van der Waals surface area contributed by atoms with Crippen molar-refractivity contribution in [1.82, 2.24) is 0 Å². The minimum absolute atomic E-state index is 0.0287. The van der Waals surface area contributed by atoms with Crippen LogP contribution in [0.4, 0.5) is 0 Å². The summed E-state index contributed by atoms with van der Waals surface area (Å²) in [5.74, 6) is 0. The van der Waals surface area contributed by atoms with Gasteiger partial charge in [0.25, 0.3) is 0 Å². The van der Waals surface area contributed by atoms with Crippen molar-refractivity contribution in [2.24, 2.45) is 0 Å². The minimum atomic E-state index is -4.67. The van der Waals surface area contributed by atoms with Gasteiger partial charge in [-0.3, -0.25) is 13.6 Å². The van der Waals surface area contributed by atoms with Gasteiger partial charge in [-0.15, -0.1) is 0 Å². The molecule has 0 amide bonds. The molecule has 0 aromatic carbocycles. The van der Waals surface area contributed by atoms with Gasteiger partial charge in [-0.1, -0.05) is 167 Å². The highest BCUT2D eigenvalue weighted by Crippen LogP contribution is 2.37. The topological polar surface area (TPSA) is 232 Å². The largest absolute Gasteiger partial charge is 0.469 e. The molecule has 8 N–H and O–H groups in total. The van der Waals surface area contributed by atoms with E-state index in [9.17, 15) is 19.9 Å². The molecule has 0 spiro atoms. The number of allylic oxidation sites excluding steroid dienone is 4. The Labute approximate surface area is 354 Å². The lowest BCUT2D eigenvalue weighted by molar-refractivity contribution is -0.0600. The quantitative estimate of drug-likeness (QED) is 0.0124. The highest BCUT2D eigenvalue weighted by Gasteiger charge is 2.29. The first kappa shape index (κ1) is 61.6. The average molecular weight is 877 g/mol. The second-order valence-corrected chi connectivity index (χ2v) is 17.6. The zero-order chi connectivity index (χ0) is 44.1. The second-order valence-electron chi connectivity index (χ2n) is 15.5. The molecule has 13 nitrogen and oxygen atoms in total. The molecule has 0 radical (unpaired) electrons. The van der Waals surface area contributed by atoms with Crippen molar-refractivity contribution in [2.45, 2.75) is 218 Å². The number of ether oxygens (including phenoxy) is 1. The highest BCUT2D eigenvalue weighted by molar-refractivity contribution is 7.79. The molecule has 58 heavy (non-hydrogen) atoms. The first-order valence-corrected chi connectivity index (χ1v) is 25.5. The molecule has 0 aromatic rings. The van der Waals surface area contributed by atoms with Crippen molar-refractivity contribution in [2.75, 3.05) is 33.0 Å². The molecule has 0 aliphatic carbocycles. The molecule has 0 aromatic heterocycles. The maximum absolute atomic E-state index is 10.7. The fraction of sp³-hybridized carbons (Fsp3) is 0.907. The Hall–Kier alpha value is -0.740. The summed E-state index contributed by atoms with van der Waals surface area (Å²) in [7, 11) is -9.29. The van der Waals surface area contributed by atoms with Gasteiger partial charge in [-0.2, -0.15) is 8.42 Å². The van der Waals surface area contributed by atoms with Crippen LogP contribution in [0, 0.1) is 0 Å². The molecule has 350 valence electrons. The van der Waals surface area contributed by atoms with E-state index in [1.165, 1.54) is 141 Å². The maximum Gasteiger partial charge on any atom is 0.469 e. The van der Waals surface area contributed by atoms with Gasteiger partial charge in [-0.25, -0.2) is 4.57 Å². The van der Waals surface area contributed by atoms with Crippen molar-refractivity contribution < 1.29 is 61.6 Å². The Morgan fingerprint density at radius 1 is 0.603 bits per heavy atom. The minimum Gasteiger partial charge on any atom is -0.394 e. The molecular weight excluding hydrogens is 788 g/mol. The molecule has 2 unspecified atom stereocenters. The second kappa shape index (κ2) is 45.8. The molecule has 0 aliphatic heterocycles. The summed E-state index contributed by atoms with van der Waals surface area (Å²) in [5, 5.41) is 37.6. The number of phosphoric acid groups is 1. The predicted octanol–water partition coefficient (Wildman–Crippen LogP) is 10.4. The van der Waals surface area contributed by atoms with Crippen molar-refractivity contribution in [3.8, 4) is 0 Å². The molecule has 0 saturated heterocycles. The van der Waals surface area contributed by atoms with Crippen LogP contribution in [0.25, 0.3) is 0 Å². The molecule has 0 rings (SSSR count). The Kier molecular flexibility index (Phi) is 48.6. The molecule has 0 aliphatic rings. The van der Waals surface area contributed by atoms with Gasteiger partial charge in [0.2, 0.25) is 0 Å². The molecular formula is C43H89O13PS. The zero-order valence-corrected chi connectivity index (χ0v) is 38.3. The van der Waals surface area contributed by atoms with E-state index in [0.29, 0.717) is 19.6 Å². The van der Waals surface area contributed by atoms with E-state index >= 15 is 0 Å².